The minimum absolute atomic E-state index is 0.218. The number of nitrogens with zero attached hydrogens (tertiary/aromatic N) is 3. The molecule has 0 saturated heterocycles. The fourth-order valence-corrected chi connectivity index (χ4v) is 2.94. The maximum Gasteiger partial charge on any atom is 0.222 e. The number of nitrogen functional groups attached to an aromatic ring is 1. The highest BCUT2D eigenvalue weighted by atomic mass is 16.5. The van der Waals surface area contributed by atoms with Gasteiger partial charge in [0.05, 0.1) is 25.6 Å². The average Bonchev–Trinajstić information content (AvgIpc) is 2.68. The molecule has 2 aromatic carbocycles. The first kappa shape index (κ1) is 19.4. The molecule has 0 aliphatic rings. The first-order valence-corrected chi connectivity index (χ1v) is 8.92. The van der Waals surface area contributed by atoms with Gasteiger partial charge in [-0.1, -0.05) is 30.3 Å². The molecule has 3 rings (SSSR count). The second-order valence-electron chi connectivity index (χ2n) is 6.45. The molecule has 0 radical (unpaired) electrons. The standard InChI is InChI=1S/C21H25N5O2/c1-26(13-15-7-5-4-6-8-15)14-16-11-20(25-21(22)23-16)24-18-12-17(27-2)9-10-19(18)28-3/h4-12H,13-14H2,1-3H3,(H3,22,23,24,25). The number of hydrogen-bond acceptors (Lipinski definition) is 7. The van der Waals surface area contributed by atoms with Gasteiger partial charge in [-0.2, -0.15) is 4.98 Å². The number of aromatic nitrogens is 2. The van der Waals surface area contributed by atoms with Gasteiger partial charge in [0, 0.05) is 25.2 Å². The minimum Gasteiger partial charge on any atom is -0.497 e. The SMILES string of the molecule is COc1ccc(OC)c(Nc2cc(CN(C)Cc3ccccc3)nc(N)n2)c1. The van der Waals surface area contributed by atoms with E-state index in [1.165, 1.54) is 5.56 Å². The predicted molar refractivity (Wildman–Crippen MR) is 111 cm³/mol. The van der Waals surface area contributed by atoms with E-state index >= 15 is 0 Å². The molecule has 7 heteroatoms. The van der Waals surface area contributed by atoms with E-state index < -0.39 is 0 Å². The van der Waals surface area contributed by atoms with Crippen molar-refractivity contribution in [2.75, 3.05) is 32.3 Å². The molecule has 0 bridgehead atoms. The van der Waals surface area contributed by atoms with Gasteiger partial charge in [0.1, 0.15) is 17.3 Å². The molecule has 28 heavy (non-hydrogen) atoms. The number of ether oxygens (including phenoxy) is 2. The second kappa shape index (κ2) is 9.05. The Bertz CT molecular complexity index is 918. The zero-order valence-corrected chi connectivity index (χ0v) is 16.3. The molecule has 0 aliphatic carbocycles. The number of hydrogen-bond donors (Lipinski definition) is 2. The Morgan fingerprint density at radius 3 is 2.46 bits per heavy atom. The van der Waals surface area contributed by atoms with Gasteiger partial charge in [0.2, 0.25) is 5.95 Å². The van der Waals surface area contributed by atoms with Gasteiger partial charge in [-0.3, -0.25) is 4.90 Å². The second-order valence-corrected chi connectivity index (χ2v) is 6.45. The highest BCUT2D eigenvalue weighted by molar-refractivity contribution is 5.66. The number of rotatable bonds is 8. The van der Waals surface area contributed by atoms with Gasteiger partial charge >= 0.3 is 0 Å². The van der Waals surface area contributed by atoms with Crippen LogP contribution in [-0.2, 0) is 13.1 Å². The van der Waals surface area contributed by atoms with Crippen molar-refractivity contribution in [3.8, 4) is 11.5 Å². The fourth-order valence-electron chi connectivity index (χ4n) is 2.94. The first-order chi connectivity index (χ1) is 13.6. The van der Waals surface area contributed by atoms with E-state index in [1.807, 2.05) is 49.5 Å². The van der Waals surface area contributed by atoms with E-state index in [4.69, 9.17) is 15.2 Å². The summed E-state index contributed by atoms with van der Waals surface area (Å²) in [7, 11) is 5.28. The van der Waals surface area contributed by atoms with Crippen molar-refractivity contribution in [1.82, 2.24) is 14.9 Å². The van der Waals surface area contributed by atoms with E-state index in [0.29, 0.717) is 23.9 Å². The summed E-state index contributed by atoms with van der Waals surface area (Å²) in [6.07, 6.45) is 0. The monoisotopic (exact) mass is 379 g/mol. The van der Waals surface area contributed by atoms with Crippen LogP contribution in [0.4, 0.5) is 17.5 Å². The minimum atomic E-state index is 0.218. The average molecular weight is 379 g/mol. The van der Waals surface area contributed by atoms with Crippen molar-refractivity contribution in [2.45, 2.75) is 13.1 Å². The van der Waals surface area contributed by atoms with Crippen LogP contribution in [-0.4, -0.2) is 36.1 Å². The Labute approximate surface area is 165 Å². The fraction of sp³-hybridized carbons (Fsp3) is 0.238. The largest absolute Gasteiger partial charge is 0.497 e. The molecule has 0 fully saturated rings. The molecule has 0 atom stereocenters. The van der Waals surface area contributed by atoms with Crippen molar-refractivity contribution in [1.29, 1.82) is 0 Å². The summed E-state index contributed by atoms with van der Waals surface area (Å²) in [4.78, 5) is 10.8. The lowest BCUT2D eigenvalue weighted by Gasteiger charge is -2.17. The molecule has 1 aromatic heterocycles. The third-order valence-corrected chi connectivity index (χ3v) is 4.19. The quantitative estimate of drug-likeness (QED) is 0.620. The predicted octanol–water partition coefficient (Wildman–Crippen LogP) is 3.45. The van der Waals surface area contributed by atoms with E-state index in [0.717, 1.165) is 17.9 Å². The van der Waals surface area contributed by atoms with Crippen LogP contribution in [0.15, 0.2) is 54.6 Å². The molecule has 3 aromatic rings. The number of anilines is 3. The number of benzene rings is 2. The molecule has 146 valence electrons. The lowest BCUT2D eigenvalue weighted by molar-refractivity contribution is 0.315. The van der Waals surface area contributed by atoms with Gasteiger partial charge < -0.3 is 20.5 Å². The van der Waals surface area contributed by atoms with Crippen molar-refractivity contribution in [3.05, 3.63) is 65.9 Å². The molecule has 7 nitrogen and oxygen atoms in total. The summed E-state index contributed by atoms with van der Waals surface area (Å²) in [6, 6.07) is 17.7. The molecule has 0 unspecified atom stereocenters. The van der Waals surface area contributed by atoms with E-state index in [2.05, 4.69) is 32.3 Å². The van der Waals surface area contributed by atoms with E-state index in [-0.39, 0.29) is 5.95 Å². The maximum absolute atomic E-state index is 5.93. The Hall–Kier alpha value is -3.32. The number of nitrogens with two attached hydrogens (primary N) is 1. The number of nitrogens with one attached hydrogen (secondary N) is 1. The zero-order chi connectivity index (χ0) is 19.9. The lowest BCUT2D eigenvalue weighted by Crippen LogP contribution is -2.18. The topological polar surface area (TPSA) is 85.5 Å². The van der Waals surface area contributed by atoms with Crippen LogP contribution in [0.3, 0.4) is 0 Å². The van der Waals surface area contributed by atoms with Crippen LogP contribution in [0.25, 0.3) is 0 Å². The van der Waals surface area contributed by atoms with Crippen molar-refractivity contribution in [2.24, 2.45) is 0 Å². The third kappa shape index (κ3) is 5.11. The molecular weight excluding hydrogens is 354 g/mol. The summed E-state index contributed by atoms with van der Waals surface area (Å²) < 4.78 is 10.7. The van der Waals surface area contributed by atoms with Crippen molar-refractivity contribution in [3.63, 3.8) is 0 Å². The Kier molecular flexibility index (Phi) is 6.29. The van der Waals surface area contributed by atoms with Gasteiger partial charge in [-0.25, -0.2) is 4.98 Å². The molecule has 0 amide bonds. The van der Waals surface area contributed by atoms with Crippen LogP contribution >= 0.6 is 0 Å². The maximum atomic E-state index is 5.93. The molecule has 0 spiro atoms. The molecular formula is C21H25N5O2. The van der Waals surface area contributed by atoms with Gasteiger partial charge in [0.25, 0.3) is 0 Å². The number of methoxy groups -OCH3 is 2. The highest BCUT2D eigenvalue weighted by Crippen LogP contribution is 2.31. The van der Waals surface area contributed by atoms with Crippen LogP contribution in [0.1, 0.15) is 11.3 Å². The summed E-state index contributed by atoms with van der Waals surface area (Å²) in [5, 5.41) is 3.25. The van der Waals surface area contributed by atoms with Crippen LogP contribution in [0, 0.1) is 0 Å². The Morgan fingerprint density at radius 2 is 1.75 bits per heavy atom. The molecule has 3 N–H and O–H groups in total. The van der Waals surface area contributed by atoms with Crippen LogP contribution < -0.4 is 20.5 Å². The van der Waals surface area contributed by atoms with Crippen molar-refractivity contribution >= 4 is 17.5 Å². The van der Waals surface area contributed by atoms with E-state index in [1.54, 1.807) is 14.2 Å². The summed E-state index contributed by atoms with van der Waals surface area (Å²) >= 11 is 0. The van der Waals surface area contributed by atoms with Crippen LogP contribution in [0.5, 0.6) is 11.5 Å². The normalized spacial score (nSPS) is 10.7. The van der Waals surface area contributed by atoms with Gasteiger partial charge in [-0.15, -0.1) is 0 Å². The Morgan fingerprint density at radius 1 is 0.964 bits per heavy atom. The third-order valence-electron chi connectivity index (χ3n) is 4.19. The summed E-state index contributed by atoms with van der Waals surface area (Å²) in [5.41, 5.74) is 8.74. The smallest absolute Gasteiger partial charge is 0.222 e. The highest BCUT2D eigenvalue weighted by Gasteiger charge is 2.10. The summed E-state index contributed by atoms with van der Waals surface area (Å²) in [6.45, 7) is 1.46. The van der Waals surface area contributed by atoms with Gasteiger partial charge in [0.15, 0.2) is 0 Å². The molecule has 1 heterocycles. The first-order valence-electron chi connectivity index (χ1n) is 8.92. The Balaban J connectivity index is 1.76. The summed E-state index contributed by atoms with van der Waals surface area (Å²) in [5.74, 6) is 2.21. The molecule has 0 saturated carbocycles. The van der Waals surface area contributed by atoms with Crippen LogP contribution in [0.2, 0.25) is 0 Å². The lowest BCUT2D eigenvalue weighted by atomic mass is 10.2. The molecule has 0 aliphatic heterocycles. The van der Waals surface area contributed by atoms with Gasteiger partial charge in [-0.05, 0) is 24.7 Å². The zero-order valence-electron chi connectivity index (χ0n) is 16.3. The van der Waals surface area contributed by atoms with Crippen molar-refractivity contribution < 1.29 is 9.47 Å². The van der Waals surface area contributed by atoms with E-state index in [9.17, 15) is 0 Å².